The zero-order valence-electron chi connectivity index (χ0n) is 29.6. The molecule has 2 fully saturated rings. The normalized spacial score (nSPS) is 19.9. The van der Waals surface area contributed by atoms with E-state index >= 15 is 0 Å². The van der Waals surface area contributed by atoms with Gasteiger partial charge in [0.1, 0.15) is 17.6 Å². The Balaban J connectivity index is 1.17. The van der Waals surface area contributed by atoms with Gasteiger partial charge < -0.3 is 34.2 Å². The van der Waals surface area contributed by atoms with E-state index in [1.54, 1.807) is 21.8 Å². The highest BCUT2D eigenvalue weighted by molar-refractivity contribution is 5.91. The highest BCUT2D eigenvalue weighted by atomic mass is 16.6. The summed E-state index contributed by atoms with van der Waals surface area (Å²) in [6.45, 7) is 12.9. The summed E-state index contributed by atoms with van der Waals surface area (Å²) in [5, 5.41) is 21.9. The van der Waals surface area contributed by atoms with Gasteiger partial charge >= 0.3 is 6.09 Å². The molecule has 1 aromatic carbocycles. The first-order chi connectivity index (χ1) is 23.2. The molecule has 0 aliphatic carbocycles. The largest absolute Gasteiger partial charge is 0.475 e. The minimum Gasteiger partial charge on any atom is -0.475 e. The van der Waals surface area contributed by atoms with Gasteiger partial charge in [-0.3, -0.25) is 14.3 Å². The van der Waals surface area contributed by atoms with Crippen molar-refractivity contribution in [1.82, 2.24) is 30.1 Å². The fourth-order valence-corrected chi connectivity index (χ4v) is 6.51. The lowest BCUT2D eigenvalue weighted by Crippen LogP contribution is -2.48. The van der Waals surface area contributed by atoms with Crippen LogP contribution in [0.2, 0.25) is 0 Å². The number of amides is 3. The number of rotatable bonds is 10. The van der Waals surface area contributed by atoms with Crippen LogP contribution in [0, 0.1) is 11.8 Å². The van der Waals surface area contributed by atoms with Crippen LogP contribution < -0.4 is 10.1 Å². The average Bonchev–Trinajstić information content (AvgIpc) is 3.79. The number of ether oxygens (including phenoxy) is 2. The van der Waals surface area contributed by atoms with Crippen LogP contribution in [0.25, 0.3) is 11.3 Å². The summed E-state index contributed by atoms with van der Waals surface area (Å²) in [5.41, 5.74) is 2.38. The summed E-state index contributed by atoms with van der Waals surface area (Å²) in [7, 11) is 1.89. The van der Waals surface area contributed by atoms with Gasteiger partial charge in [-0.05, 0) is 74.7 Å². The standard InChI is InChI=1S/C36H50N6O7/c1-22(2)32(30-19-31(39-49-30)47-21-24-13-16-41(17-14-24)35(46)48-36(4,5)6)34(45)42-20-27(43)18-29(42)33(44)38-23(3)25-8-10-26(11-9-25)28-12-15-37-40(28)7/h8-12,15,19,22-24,27,29,32,43H,13-14,16-18,20-21H2,1-7H3,(H,38,44)/t23-,27+,29-,32?/m0/s1. The molecule has 0 saturated carbocycles. The Bertz CT molecular complexity index is 1590. The van der Waals surface area contributed by atoms with Gasteiger partial charge in [0.25, 0.3) is 5.88 Å². The van der Waals surface area contributed by atoms with Crippen LogP contribution in [0.15, 0.2) is 47.1 Å². The smallest absolute Gasteiger partial charge is 0.410 e. The first-order valence-electron chi connectivity index (χ1n) is 17.1. The molecule has 5 rings (SSSR count). The Morgan fingerprint density at radius 3 is 2.39 bits per heavy atom. The molecule has 266 valence electrons. The minimum absolute atomic E-state index is 0.0490. The Kier molecular flexibility index (Phi) is 11.0. The van der Waals surface area contributed by atoms with E-state index in [0.717, 1.165) is 29.7 Å². The van der Waals surface area contributed by atoms with Gasteiger partial charge in [-0.1, -0.05) is 38.1 Å². The number of aryl methyl sites for hydroxylation is 1. The van der Waals surface area contributed by atoms with Crippen molar-refractivity contribution in [2.75, 3.05) is 26.2 Å². The van der Waals surface area contributed by atoms with Crippen molar-refractivity contribution in [1.29, 1.82) is 0 Å². The summed E-state index contributed by atoms with van der Waals surface area (Å²) < 4.78 is 18.9. The molecule has 13 nitrogen and oxygen atoms in total. The maximum absolute atomic E-state index is 14.0. The predicted molar refractivity (Wildman–Crippen MR) is 181 cm³/mol. The maximum Gasteiger partial charge on any atom is 0.410 e. The second-order valence-electron chi connectivity index (χ2n) is 14.6. The monoisotopic (exact) mass is 678 g/mol. The van der Waals surface area contributed by atoms with E-state index in [2.05, 4.69) is 15.6 Å². The highest BCUT2D eigenvalue weighted by Gasteiger charge is 2.43. The topological polar surface area (TPSA) is 152 Å². The molecule has 1 unspecified atom stereocenters. The molecule has 4 atom stereocenters. The molecule has 0 spiro atoms. The summed E-state index contributed by atoms with van der Waals surface area (Å²) in [6, 6.07) is 10.3. The number of aliphatic hydroxyl groups is 1. The molecule has 3 amide bonds. The molecular formula is C36H50N6O7. The molecular weight excluding hydrogens is 628 g/mol. The lowest BCUT2D eigenvalue weighted by molar-refractivity contribution is -0.141. The van der Waals surface area contributed by atoms with E-state index in [1.165, 1.54) is 4.90 Å². The van der Waals surface area contributed by atoms with Crippen LogP contribution in [0.1, 0.15) is 84.1 Å². The number of aliphatic hydroxyl groups excluding tert-OH is 1. The van der Waals surface area contributed by atoms with Gasteiger partial charge in [0, 0.05) is 45.4 Å². The minimum atomic E-state index is -0.829. The average molecular weight is 679 g/mol. The quantitative estimate of drug-likeness (QED) is 0.311. The number of nitrogens with zero attached hydrogens (tertiary/aromatic N) is 5. The number of hydrogen-bond donors (Lipinski definition) is 2. The molecule has 2 aromatic heterocycles. The number of β-amino-alcohol motifs (C(OH)–C–C–N with tert-alkyl or cyclic N) is 1. The van der Waals surface area contributed by atoms with Crippen LogP contribution in [-0.4, -0.2) is 91.7 Å². The molecule has 13 heteroatoms. The van der Waals surface area contributed by atoms with Gasteiger partial charge in [0.2, 0.25) is 11.8 Å². The lowest BCUT2D eigenvalue weighted by atomic mass is 9.91. The van der Waals surface area contributed by atoms with Crippen molar-refractivity contribution in [2.24, 2.45) is 18.9 Å². The summed E-state index contributed by atoms with van der Waals surface area (Å²) in [6.07, 6.45) is 2.31. The van der Waals surface area contributed by atoms with Crippen LogP contribution in [0.4, 0.5) is 4.79 Å². The number of likely N-dealkylation sites (tertiary alicyclic amines) is 2. The molecule has 2 N–H and O–H groups in total. The van der Waals surface area contributed by atoms with Crippen LogP contribution in [-0.2, 0) is 21.4 Å². The van der Waals surface area contributed by atoms with Gasteiger partial charge in [-0.15, -0.1) is 0 Å². The maximum atomic E-state index is 14.0. The highest BCUT2D eigenvalue weighted by Crippen LogP contribution is 2.33. The third-order valence-corrected chi connectivity index (χ3v) is 9.23. The van der Waals surface area contributed by atoms with Crippen molar-refractivity contribution >= 4 is 17.9 Å². The fourth-order valence-electron chi connectivity index (χ4n) is 6.51. The first-order valence-corrected chi connectivity index (χ1v) is 17.1. The number of benzene rings is 1. The number of piperidine rings is 1. The predicted octanol–water partition coefficient (Wildman–Crippen LogP) is 4.68. The third kappa shape index (κ3) is 8.80. The second-order valence-corrected chi connectivity index (χ2v) is 14.6. The van der Waals surface area contributed by atoms with E-state index in [4.69, 9.17) is 14.0 Å². The van der Waals surface area contributed by atoms with Gasteiger partial charge in [0.15, 0.2) is 5.76 Å². The molecule has 0 radical (unpaired) electrons. The summed E-state index contributed by atoms with van der Waals surface area (Å²) in [5.74, 6) is -0.678. The van der Waals surface area contributed by atoms with Crippen molar-refractivity contribution < 1.29 is 33.5 Å². The first kappa shape index (κ1) is 35.9. The van der Waals surface area contributed by atoms with Gasteiger partial charge in [-0.25, -0.2) is 4.79 Å². The van der Waals surface area contributed by atoms with E-state index < -0.39 is 23.7 Å². The van der Waals surface area contributed by atoms with Crippen molar-refractivity contribution in [3.63, 3.8) is 0 Å². The summed E-state index contributed by atoms with van der Waals surface area (Å²) in [4.78, 5) is 43.2. The molecule has 2 aliphatic rings. The SMILES string of the molecule is CC(C)C(C(=O)N1C[C@H](O)C[C@H]1C(=O)N[C@@H](C)c1ccc(-c2ccnn2C)cc1)c1cc(OCC2CCN(C(=O)OC(C)(C)C)CC2)no1. The lowest BCUT2D eigenvalue weighted by Gasteiger charge is -2.33. The molecule has 0 bridgehead atoms. The van der Waals surface area contributed by atoms with Crippen molar-refractivity contribution in [3.8, 4) is 17.1 Å². The molecule has 49 heavy (non-hydrogen) atoms. The number of carbonyl (C=O) groups excluding carboxylic acids is 3. The molecule has 2 saturated heterocycles. The summed E-state index contributed by atoms with van der Waals surface area (Å²) >= 11 is 0. The van der Waals surface area contributed by atoms with Crippen molar-refractivity contribution in [2.45, 2.75) is 90.5 Å². The Morgan fingerprint density at radius 2 is 1.78 bits per heavy atom. The Morgan fingerprint density at radius 1 is 1.08 bits per heavy atom. The number of carbonyl (C=O) groups is 3. The zero-order chi connectivity index (χ0) is 35.5. The fraction of sp³-hybridized carbons (Fsp3) is 0.583. The Labute approximate surface area is 287 Å². The second kappa shape index (κ2) is 15.0. The molecule has 4 heterocycles. The van der Waals surface area contributed by atoms with Gasteiger partial charge in [0.05, 0.1) is 24.4 Å². The van der Waals surface area contributed by atoms with E-state index in [-0.39, 0.29) is 54.6 Å². The van der Waals surface area contributed by atoms with Crippen molar-refractivity contribution in [3.05, 3.63) is 53.9 Å². The number of nitrogens with one attached hydrogen (secondary N) is 1. The van der Waals surface area contributed by atoms with E-state index in [0.29, 0.717) is 25.5 Å². The van der Waals surface area contributed by atoms with Crippen LogP contribution in [0.3, 0.4) is 0 Å². The van der Waals surface area contributed by atoms with E-state index in [9.17, 15) is 19.5 Å². The Hall–Kier alpha value is -4.39. The zero-order valence-corrected chi connectivity index (χ0v) is 29.6. The van der Waals surface area contributed by atoms with E-state index in [1.807, 2.05) is 78.9 Å². The number of aromatic nitrogens is 3. The van der Waals surface area contributed by atoms with Crippen LogP contribution in [0.5, 0.6) is 5.88 Å². The third-order valence-electron chi connectivity index (χ3n) is 9.23. The number of hydrogen-bond acceptors (Lipinski definition) is 9. The molecule has 3 aromatic rings. The van der Waals surface area contributed by atoms with Crippen LogP contribution >= 0.6 is 0 Å². The molecule has 2 aliphatic heterocycles. The van der Waals surface area contributed by atoms with Gasteiger partial charge in [-0.2, -0.15) is 5.10 Å².